The van der Waals surface area contributed by atoms with Crippen molar-refractivity contribution in [1.29, 1.82) is 0 Å². The highest BCUT2D eigenvalue weighted by Crippen LogP contribution is 2.23. The van der Waals surface area contributed by atoms with Crippen molar-refractivity contribution < 1.29 is 21.8 Å². The number of nitrogens with zero attached hydrogens (tertiary/aromatic N) is 4. The number of carbonyl (C=O) groups is 1. The Hall–Kier alpha value is -0.940. The fourth-order valence-electron chi connectivity index (χ4n) is 3.88. The largest absolute Gasteiger partial charge is 0.449 e. The zero-order chi connectivity index (χ0) is 17.9. The molecular formula is C15H30N5O4S+. The summed E-state index contributed by atoms with van der Waals surface area (Å²) in [5.74, 6) is 0. The Kier molecular flexibility index (Phi) is 5.84. The van der Waals surface area contributed by atoms with Crippen LogP contribution in [0.15, 0.2) is 0 Å². The molecule has 144 valence electrons. The van der Waals surface area contributed by atoms with Gasteiger partial charge in [0.15, 0.2) is 0 Å². The van der Waals surface area contributed by atoms with E-state index in [-0.39, 0.29) is 10.5 Å². The Morgan fingerprint density at radius 2 is 1.28 bits per heavy atom. The standard InChI is InChI=1S/C9H17N3O4S.C6H12N2/c1-2-16-9(13)10-17(14,15)12-6-3-11(4-7-12)5-8-12;1-2-8-5-3-7(1)4-6-8/h2-8H2,1H3;1-6H2/p+1. The third-order valence-corrected chi connectivity index (χ3v) is 7.66. The molecule has 6 aliphatic heterocycles. The molecule has 0 aromatic heterocycles. The van der Waals surface area contributed by atoms with Crippen LogP contribution in [-0.4, -0.2) is 118 Å². The molecule has 25 heavy (non-hydrogen) atoms. The Labute approximate surface area is 150 Å². The van der Waals surface area contributed by atoms with E-state index in [0.29, 0.717) is 19.6 Å². The molecule has 6 saturated heterocycles. The normalized spacial score (nSPS) is 36.3. The van der Waals surface area contributed by atoms with E-state index in [1.165, 1.54) is 39.3 Å². The van der Waals surface area contributed by atoms with E-state index >= 15 is 0 Å². The number of fused-ring (bicyclic) bond motifs is 6. The number of nitrogens with one attached hydrogen (secondary N) is 1. The van der Waals surface area contributed by atoms with Crippen LogP contribution in [0.2, 0.25) is 0 Å². The van der Waals surface area contributed by atoms with Gasteiger partial charge in [0.1, 0.15) is 19.6 Å². The van der Waals surface area contributed by atoms with E-state index in [1.807, 2.05) is 4.72 Å². The number of rotatable bonds is 3. The van der Waals surface area contributed by atoms with Gasteiger partial charge in [0.05, 0.1) is 6.61 Å². The summed E-state index contributed by atoms with van der Waals surface area (Å²) in [6.45, 7) is 13.6. The zero-order valence-corrected chi connectivity index (χ0v) is 15.8. The van der Waals surface area contributed by atoms with Crippen LogP contribution in [0.3, 0.4) is 0 Å². The molecular weight excluding hydrogens is 346 g/mol. The van der Waals surface area contributed by atoms with Crippen LogP contribution < -0.4 is 4.72 Å². The minimum absolute atomic E-state index is 0.0394. The number of carbonyl (C=O) groups excluding carboxylic acids is 1. The summed E-state index contributed by atoms with van der Waals surface area (Å²) in [4.78, 5) is 18.6. The Morgan fingerprint density at radius 1 is 0.880 bits per heavy atom. The van der Waals surface area contributed by atoms with Gasteiger partial charge in [-0.05, 0) is 6.92 Å². The Balaban J connectivity index is 0.000000188. The Morgan fingerprint density at radius 3 is 1.64 bits per heavy atom. The van der Waals surface area contributed by atoms with E-state index in [2.05, 4.69) is 19.4 Å². The monoisotopic (exact) mass is 376 g/mol. The summed E-state index contributed by atoms with van der Waals surface area (Å²) in [6, 6.07) is 0. The maximum absolute atomic E-state index is 12.2. The SMILES string of the molecule is C1CN2CCN1CC2.CCOC(=O)NS(=O)(=O)[N+]12CCN(CC1)CC2. The quantitative estimate of drug-likeness (QED) is 0.616. The molecule has 0 aliphatic carbocycles. The molecule has 6 rings (SSSR count). The fraction of sp³-hybridized carbons (Fsp3) is 0.933. The van der Waals surface area contributed by atoms with Crippen LogP contribution in [-0.2, 0) is 14.9 Å². The summed E-state index contributed by atoms with van der Waals surface area (Å²) in [7, 11) is -3.69. The molecule has 1 N–H and O–H groups in total. The predicted molar refractivity (Wildman–Crippen MR) is 93.3 cm³/mol. The topological polar surface area (TPSA) is 82.2 Å². The van der Waals surface area contributed by atoms with Gasteiger partial charge in [-0.1, -0.05) is 0 Å². The molecule has 0 radical (unpaired) electrons. The molecule has 0 spiro atoms. The van der Waals surface area contributed by atoms with Gasteiger partial charge in [-0.3, -0.25) is 14.7 Å². The number of amides is 1. The van der Waals surface area contributed by atoms with E-state index in [0.717, 1.165) is 19.6 Å². The van der Waals surface area contributed by atoms with Crippen molar-refractivity contribution in [2.45, 2.75) is 6.92 Å². The van der Waals surface area contributed by atoms with Crippen LogP contribution in [0, 0.1) is 0 Å². The van der Waals surface area contributed by atoms with Gasteiger partial charge in [-0.25, -0.2) is 4.79 Å². The van der Waals surface area contributed by atoms with Crippen LogP contribution in [0.25, 0.3) is 0 Å². The van der Waals surface area contributed by atoms with Crippen molar-refractivity contribution in [2.24, 2.45) is 0 Å². The summed E-state index contributed by atoms with van der Waals surface area (Å²) >= 11 is 0. The van der Waals surface area contributed by atoms with Crippen molar-refractivity contribution >= 4 is 16.3 Å². The lowest BCUT2D eigenvalue weighted by molar-refractivity contribution is -0.824. The predicted octanol–water partition coefficient (Wildman–Crippen LogP) is -1.26. The first-order chi connectivity index (χ1) is 11.9. The highest BCUT2D eigenvalue weighted by molar-refractivity contribution is 7.84. The number of hydrogen-bond acceptors (Lipinski definition) is 7. The highest BCUT2D eigenvalue weighted by Gasteiger charge is 2.49. The van der Waals surface area contributed by atoms with Crippen LogP contribution in [0.1, 0.15) is 6.92 Å². The average Bonchev–Trinajstić information content (AvgIpc) is 2.65. The first kappa shape index (κ1) is 18.8. The van der Waals surface area contributed by atoms with E-state index in [9.17, 15) is 13.2 Å². The molecule has 4 bridgehead atoms. The summed E-state index contributed by atoms with van der Waals surface area (Å²) in [5, 5.41) is 0. The molecule has 0 unspecified atom stereocenters. The number of hydrogen-bond donors (Lipinski definition) is 1. The lowest BCUT2D eigenvalue weighted by Gasteiger charge is -2.47. The fourth-order valence-corrected chi connectivity index (χ4v) is 5.31. The number of piperazine rings is 6. The minimum atomic E-state index is -3.69. The van der Waals surface area contributed by atoms with E-state index in [4.69, 9.17) is 0 Å². The molecule has 0 atom stereocenters. The highest BCUT2D eigenvalue weighted by atomic mass is 32.2. The summed E-state index contributed by atoms with van der Waals surface area (Å²) in [5.41, 5.74) is 0. The van der Waals surface area contributed by atoms with Crippen molar-refractivity contribution in [3.63, 3.8) is 0 Å². The van der Waals surface area contributed by atoms with E-state index < -0.39 is 16.3 Å². The van der Waals surface area contributed by atoms with Gasteiger partial charge in [0, 0.05) is 58.9 Å². The van der Waals surface area contributed by atoms with Crippen molar-refractivity contribution in [3.8, 4) is 0 Å². The molecule has 0 aromatic carbocycles. The number of ether oxygens (including phenoxy) is 1. The van der Waals surface area contributed by atoms with Crippen LogP contribution in [0.4, 0.5) is 4.79 Å². The maximum atomic E-state index is 12.2. The molecule has 0 saturated carbocycles. The van der Waals surface area contributed by atoms with Crippen LogP contribution >= 0.6 is 0 Å². The molecule has 6 heterocycles. The second-order valence-electron chi connectivity index (χ2n) is 7.05. The third-order valence-electron chi connectivity index (χ3n) is 5.67. The maximum Gasteiger partial charge on any atom is 0.425 e. The molecule has 9 nitrogen and oxygen atoms in total. The minimum Gasteiger partial charge on any atom is -0.449 e. The Bertz CT molecular complexity index is 532. The second kappa shape index (κ2) is 7.75. The number of quaternary nitrogens is 1. The molecule has 6 fully saturated rings. The van der Waals surface area contributed by atoms with E-state index in [1.54, 1.807) is 6.92 Å². The van der Waals surface area contributed by atoms with Crippen LogP contribution in [0.5, 0.6) is 0 Å². The second-order valence-corrected chi connectivity index (χ2v) is 8.98. The third kappa shape index (κ3) is 4.25. The lowest BCUT2D eigenvalue weighted by Crippen LogP contribution is -2.71. The van der Waals surface area contributed by atoms with Gasteiger partial charge >= 0.3 is 16.3 Å². The van der Waals surface area contributed by atoms with Crippen molar-refractivity contribution in [2.75, 3.05) is 85.1 Å². The van der Waals surface area contributed by atoms with Gasteiger partial charge < -0.3 is 4.74 Å². The summed E-state index contributed by atoms with van der Waals surface area (Å²) in [6.07, 6.45) is -0.881. The zero-order valence-electron chi connectivity index (χ0n) is 15.0. The molecule has 1 amide bonds. The van der Waals surface area contributed by atoms with Gasteiger partial charge in [-0.15, -0.1) is 0 Å². The molecule has 10 heteroatoms. The van der Waals surface area contributed by atoms with Gasteiger partial charge in [0.25, 0.3) is 0 Å². The first-order valence-electron chi connectivity index (χ1n) is 9.17. The average molecular weight is 377 g/mol. The van der Waals surface area contributed by atoms with Crippen molar-refractivity contribution in [1.82, 2.24) is 19.4 Å². The summed E-state index contributed by atoms with van der Waals surface area (Å²) < 4.78 is 31.0. The smallest absolute Gasteiger partial charge is 0.425 e. The lowest BCUT2D eigenvalue weighted by atomic mass is 10.2. The van der Waals surface area contributed by atoms with Crippen molar-refractivity contribution in [3.05, 3.63) is 0 Å². The van der Waals surface area contributed by atoms with Gasteiger partial charge in [-0.2, -0.15) is 17.0 Å². The molecule has 6 aliphatic rings. The van der Waals surface area contributed by atoms with Gasteiger partial charge in [0.2, 0.25) is 0 Å². The molecule has 0 aromatic rings. The first-order valence-corrected chi connectivity index (χ1v) is 10.6.